The molecule has 0 fully saturated rings. The molecular weight excluding hydrogens is 244 g/mol. The molecule has 20 heavy (non-hydrogen) atoms. The average molecular weight is 258 g/mol. The molecule has 96 valence electrons. The maximum atomic E-state index is 4.64. The van der Waals surface area contributed by atoms with Crippen molar-refractivity contribution in [2.24, 2.45) is 0 Å². The molecular formula is C18H14N2. The Labute approximate surface area is 117 Å². The van der Waals surface area contributed by atoms with Gasteiger partial charge in [-0.15, -0.1) is 0 Å². The second kappa shape index (κ2) is 4.01. The summed E-state index contributed by atoms with van der Waals surface area (Å²) in [5, 5.41) is 4.69. The monoisotopic (exact) mass is 258 g/mol. The molecule has 4 aromatic rings. The van der Waals surface area contributed by atoms with Gasteiger partial charge in [0.25, 0.3) is 0 Å². The summed E-state index contributed by atoms with van der Waals surface area (Å²) in [6.07, 6.45) is 3.85. The summed E-state index contributed by atoms with van der Waals surface area (Å²) >= 11 is 0. The van der Waals surface area contributed by atoms with Gasteiger partial charge in [-0.25, -0.2) is 0 Å². The largest absolute Gasteiger partial charge is 0.255 e. The summed E-state index contributed by atoms with van der Waals surface area (Å²) in [6, 6.07) is 12.9. The standard InChI is InChI=1S/C18H14N2/c1-11-7-14-5-3-13-4-6-15-8-12(2)10-20-18(15)16(13)17(14)19-9-11/h3-10H,1-2H3. The number of aryl methyl sites for hydroxylation is 2. The SMILES string of the molecule is Cc1cnc2c(ccc3ccc4cc(C)cnc4c32)c1. The van der Waals surface area contributed by atoms with Crippen molar-refractivity contribution in [3.8, 4) is 0 Å². The van der Waals surface area contributed by atoms with Crippen LogP contribution in [0.2, 0.25) is 0 Å². The lowest BCUT2D eigenvalue weighted by molar-refractivity contribution is 1.33. The molecule has 0 aliphatic rings. The highest BCUT2D eigenvalue weighted by Gasteiger charge is 2.07. The molecule has 0 aliphatic heterocycles. The van der Waals surface area contributed by atoms with Crippen molar-refractivity contribution < 1.29 is 0 Å². The lowest BCUT2D eigenvalue weighted by Crippen LogP contribution is -1.88. The minimum Gasteiger partial charge on any atom is -0.255 e. The minimum absolute atomic E-state index is 1.04. The highest BCUT2D eigenvalue weighted by molar-refractivity contribution is 6.17. The molecule has 0 atom stereocenters. The number of fused-ring (bicyclic) bond motifs is 5. The topological polar surface area (TPSA) is 25.8 Å². The van der Waals surface area contributed by atoms with Crippen molar-refractivity contribution in [3.05, 3.63) is 59.9 Å². The molecule has 0 N–H and O–H groups in total. The second-order valence-electron chi connectivity index (χ2n) is 5.40. The zero-order valence-corrected chi connectivity index (χ0v) is 11.5. The van der Waals surface area contributed by atoms with E-state index in [1.165, 1.54) is 27.3 Å². The molecule has 2 aromatic carbocycles. The van der Waals surface area contributed by atoms with E-state index in [1.807, 2.05) is 12.4 Å². The van der Waals surface area contributed by atoms with Crippen molar-refractivity contribution in [3.63, 3.8) is 0 Å². The van der Waals surface area contributed by atoms with Crippen LogP contribution in [0, 0.1) is 13.8 Å². The van der Waals surface area contributed by atoms with Crippen LogP contribution in [0.4, 0.5) is 0 Å². The van der Waals surface area contributed by atoms with Gasteiger partial charge < -0.3 is 0 Å². The number of hydrogen-bond donors (Lipinski definition) is 0. The Morgan fingerprint density at radius 2 is 1.10 bits per heavy atom. The first-order chi connectivity index (χ1) is 9.72. The normalized spacial score (nSPS) is 11.5. The van der Waals surface area contributed by atoms with Gasteiger partial charge in [-0.2, -0.15) is 0 Å². The lowest BCUT2D eigenvalue weighted by atomic mass is 10.0. The maximum absolute atomic E-state index is 4.64. The van der Waals surface area contributed by atoms with Crippen LogP contribution in [0.5, 0.6) is 0 Å². The van der Waals surface area contributed by atoms with Gasteiger partial charge in [-0.3, -0.25) is 9.97 Å². The molecule has 0 bridgehead atoms. The van der Waals surface area contributed by atoms with E-state index in [9.17, 15) is 0 Å². The maximum Gasteiger partial charge on any atom is 0.0802 e. The van der Waals surface area contributed by atoms with E-state index >= 15 is 0 Å². The van der Waals surface area contributed by atoms with Gasteiger partial charge in [0.1, 0.15) is 0 Å². The number of rotatable bonds is 0. The lowest BCUT2D eigenvalue weighted by Gasteiger charge is -2.07. The van der Waals surface area contributed by atoms with E-state index in [1.54, 1.807) is 0 Å². The summed E-state index contributed by atoms with van der Waals surface area (Å²) in [7, 11) is 0. The summed E-state index contributed by atoms with van der Waals surface area (Å²) < 4.78 is 0. The Balaban J connectivity index is 2.29. The summed E-state index contributed by atoms with van der Waals surface area (Å²) in [6.45, 7) is 4.14. The van der Waals surface area contributed by atoms with Crippen LogP contribution in [-0.2, 0) is 0 Å². The fourth-order valence-electron chi connectivity index (χ4n) is 2.82. The van der Waals surface area contributed by atoms with E-state index < -0.39 is 0 Å². The molecule has 2 heterocycles. The third kappa shape index (κ3) is 1.58. The first-order valence-corrected chi connectivity index (χ1v) is 6.77. The fourth-order valence-corrected chi connectivity index (χ4v) is 2.82. The van der Waals surface area contributed by atoms with Crippen LogP contribution in [-0.4, -0.2) is 9.97 Å². The Kier molecular flexibility index (Phi) is 2.27. The van der Waals surface area contributed by atoms with Crippen LogP contribution in [0.25, 0.3) is 32.6 Å². The highest BCUT2D eigenvalue weighted by atomic mass is 14.7. The van der Waals surface area contributed by atoms with E-state index in [-0.39, 0.29) is 0 Å². The van der Waals surface area contributed by atoms with E-state index in [0.29, 0.717) is 0 Å². The number of nitrogens with zero attached hydrogens (tertiary/aromatic N) is 2. The van der Waals surface area contributed by atoms with Crippen LogP contribution in [0.3, 0.4) is 0 Å². The van der Waals surface area contributed by atoms with Crippen molar-refractivity contribution in [1.29, 1.82) is 0 Å². The average Bonchev–Trinajstić information content (AvgIpc) is 2.46. The Hall–Kier alpha value is -2.48. The van der Waals surface area contributed by atoms with Gasteiger partial charge in [0.05, 0.1) is 11.0 Å². The number of pyridine rings is 2. The number of benzene rings is 2. The smallest absolute Gasteiger partial charge is 0.0802 e. The molecule has 4 rings (SSSR count). The molecule has 0 spiro atoms. The zero-order valence-electron chi connectivity index (χ0n) is 11.5. The predicted octanol–water partition coefficient (Wildman–Crippen LogP) is 4.55. The van der Waals surface area contributed by atoms with Crippen molar-refractivity contribution in [2.75, 3.05) is 0 Å². The van der Waals surface area contributed by atoms with E-state index in [4.69, 9.17) is 0 Å². The third-order valence-electron chi connectivity index (χ3n) is 3.75. The Morgan fingerprint density at radius 3 is 1.60 bits per heavy atom. The van der Waals surface area contributed by atoms with E-state index in [0.717, 1.165) is 16.4 Å². The quantitative estimate of drug-likeness (QED) is 0.432. The first-order valence-electron chi connectivity index (χ1n) is 6.77. The van der Waals surface area contributed by atoms with Gasteiger partial charge in [0.2, 0.25) is 0 Å². The number of aromatic nitrogens is 2. The van der Waals surface area contributed by atoms with Gasteiger partial charge >= 0.3 is 0 Å². The van der Waals surface area contributed by atoms with Gasteiger partial charge in [0.15, 0.2) is 0 Å². The second-order valence-corrected chi connectivity index (χ2v) is 5.40. The fraction of sp³-hybridized carbons (Fsp3) is 0.111. The summed E-state index contributed by atoms with van der Waals surface area (Å²) in [5.74, 6) is 0. The third-order valence-corrected chi connectivity index (χ3v) is 3.75. The molecule has 2 aromatic heterocycles. The highest BCUT2D eigenvalue weighted by Crippen LogP contribution is 2.30. The summed E-state index contributed by atoms with van der Waals surface area (Å²) in [5.41, 5.74) is 4.44. The molecule has 0 saturated heterocycles. The first kappa shape index (κ1) is 11.4. The van der Waals surface area contributed by atoms with Gasteiger partial charge in [-0.1, -0.05) is 24.3 Å². The molecule has 2 heteroatoms. The molecule has 0 saturated carbocycles. The Bertz CT molecular complexity index is 894. The van der Waals surface area contributed by atoms with Crippen molar-refractivity contribution in [1.82, 2.24) is 9.97 Å². The minimum atomic E-state index is 1.04. The summed E-state index contributed by atoms with van der Waals surface area (Å²) in [4.78, 5) is 9.28. The molecule has 0 amide bonds. The van der Waals surface area contributed by atoms with Crippen LogP contribution < -0.4 is 0 Å². The van der Waals surface area contributed by atoms with Crippen molar-refractivity contribution >= 4 is 32.6 Å². The Morgan fingerprint density at radius 1 is 0.650 bits per heavy atom. The molecule has 0 unspecified atom stereocenters. The zero-order chi connectivity index (χ0) is 13.7. The predicted molar refractivity (Wildman–Crippen MR) is 84.0 cm³/mol. The number of hydrogen-bond acceptors (Lipinski definition) is 2. The van der Waals surface area contributed by atoms with E-state index in [2.05, 4.69) is 60.2 Å². The molecule has 0 aliphatic carbocycles. The van der Waals surface area contributed by atoms with Crippen LogP contribution in [0.1, 0.15) is 11.1 Å². The van der Waals surface area contributed by atoms with Gasteiger partial charge in [0, 0.05) is 28.6 Å². The molecule has 2 nitrogen and oxygen atoms in total. The van der Waals surface area contributed by atoms with Crippen LogP contribution >= 0.6 is 0 Å². The van der Waals surface area contributed by atoms with Gasteiger partial charge in [-0.05, 0) is 42.5 Å². The molecule has 0 radical (unpaired) electrons. The van der Waals surface area contributed by atoms with Crippen molar-refractivity contribution in [2.45, 2.75) is 13.8 Å². The van der Waals surface area contributed by atoms with Crippen LogP contribution in [0.15, 0.2) is 48.8 Å².